The highest BCUT2D eigenvalue weighted by molar-refractivity contribution is 5.94. The molecule has 1 spiro atoms. The molecule has 1 unspecified atom stereocenters. The van der Waals surface area contributed by atoms with E-state index in [-0.39, 0.29) is 11.8 Å². The highest BCUT2D eigenvalue weighted by Crippen LogP contribution is 2.51. The lowest BCUT2D eigenvalue weighted by molar-refractivity contribution is -0.114. The zero-order valence-corrected chi connectivity index (χ0v) is 15.7. The van der Waals surface area contributed by atoms with Crippen molar-refractivity contribution in [2.24, 2.45) is 11.7 Å². The largest absolute Gasteiger partial charge is 0.480 e. The Kier molecular flexibility index (Phi) is 5.02. The molecular weight excluding hydrogens is 344 g/mol. The fraction of sp³-hybridized carbons (Fsp3) is 0.524. The van der Waals surface area contributed by atoms with Gasteiger partial charge in [0.15, 0.2) is 0 Å². The van der Waals surface area contributed by atoms with Crippen LogP contribution in [0.25, 0.3) is 5.57 Å². The lowest BCUT2D eigenvalue weighted by Gasteiger charge is -2.44. The number of pyridine rings is 1. The lowest BCUT2D eigenvalue weighted by atomic mass is 9.75. The molecule has 1 aliphatic carbocycles. The summed E-state index contributed by atoms with van der Waals surface area (Å²) in [6, 6.07) is 2.01. The van der Waals surface area contributed by atoms with Gasteiger partial charge >= 0.3 is 0 Å². The Hall–Kier alpha value is -2.18. The topological polar surface area (TPSA) is 83.7 Å². The van der Waals surface area contributed by atoms with Gasteiger partial charge in [0.1, 0.15) is 11.4 Å². The summed E-state index contributed by atoms with van der Waals surface area (Å²) >= 11 is 0. The second-order valence-corrected chi connectivity index (χ2v) is 7.46. The fourth-order valence-electron chi connectivity index (χ4n) is 4.53. The molecule has 3 heterocycles. The third kappa shape index (κ3) is 3.28. The Balaban J connectivity index is 1.92. The first-order valence-electron chi connectivity index (χ1n) is 9.60. The summed E-state index contributed by atoms with van der Waals surface area (Å²) in [5.74, 6) is 0.742. The summed E-state index contributed by atoms with van der Waals surface area (Å²) in [5.41, 5.74) is 9.30. The first kappa shape index (κ1) is 18.2. The van der Waals surface area contributed by atoms with Gasteiger partial charge in [-0.15, -0.1) is 0 Å². The second kappa shape index (κ2) is 7.44. The molecule has 1 aromatic rings. The molecule has 3 aliphatic rings. The number of hydrogen-bond donors (Lipinski definition) is 1. The molecule has 1 atom stereocenters. The molecule has 0 aromatic carbocycles. The van der Waals surface area contributed by atoms with E-state index in [1.54, 1.807) is 19.5 Å². The summed E-state index contributed by atoms with van der Waals surface area (Å²) in [6.07, 6.45) is 9.52. The van der Waals surface area contributed by atoms with Crippen molar-refractivity contribution in [3.8, 4) is 5.75 Å². The predicted octanol–water partition coefficient (Wildman–Crippen LogP) is 2.64. The van der Waals surface area contributed by atoms with Crippen molar-refractivity contribution >= 4 is 11.5 Å². The number of ether oxygens (including phenoxy) is 3. The summed E-state index contributed by atoms with van der Waals surface area (Å²) in [5, 5.41) is 0. The van der Waals surface area contributed by atoms with Gasteiger partial charge in [0.25, 0.3) is 0 Å². The lowest BCUT2D eigenvalue weighted by Crippen LogP contribution is -2.46. The SMILES string of the molecule is COCCC1CCC(C(N)=O)=CC2=C1c1ccncc1OC21CCOCC1. The average molecular weight is 370 g/mol. The van der Waals surface area contributed by atoms with Crippen LogP contribution in [0.15, 0.2) is 35.7 Å². The van der Waals surface area contributed by atoms with Gasteiger partial charge in [-0.1, -0.05) is 0 Å². The molecular formula is C21H26N2O4. The van der Waals surface area contributed by atoms with Crippen molar-refractivity contribution in [1.29, 1.82) is 0 Å². The van der Waals surface area contributed by atoms with Crippen molar-refractivity contribution in [3.63, 3.8) is 0 Å². The van der Waals surface area contributed by atoms with E-state index in [1.807, 2.05) is 12.1 Å². The number of aromatic nitrogens is 1. The molecule has 6 heteroatoms. The smallest absolute Gasteiger partial charge is 0.244 e. The number of amides is 1. The molecule has 1 saturated heterocycles. The number of allylic oxidation sites excluding steroid dienone is 1. The average Bonchev–Trinajstić information content (AvgIpc) is 2.88. The number of carbonyl (C=O) groups excluding carboxylic acids is 1. The van der Waals surface area contributed by atoms with Crippen molar-refractivity contribution in [1.82, 2.24) is 4.98 Å². The molecule has 2 aliphatic heterocycles. The zero-order chi connectivity index (χ0) is 18.9. The molecule has 6 nitrogen and oxygen atoms in total. The van der Waals surface area contributed by atoms with Gasteiger partial charge in [-0.2, -0.15) is 0 Å². The second-order valence-electron chi connectivity index (χ2n) is 7.46. The van der Waals surface area contributed by atoms with Gasteiger partial charge in [-0.05, 0) is 42.9 Å². The van der Waals surface area contributed by atoms with Gasteiger partial charge in [-0.25, -0.2) is 0 Å². The minimum atomic E-state index is -0.486. The Bertz CT molecular complexity index is 793. The van der Waals surface area contributed by atoms with Crippen molar-refractivity contribution in [2.75, 3.05) is 26.9 Å². The molecule has 1 amide bonds. The third-order valence-electron chi connectivity index (χ3n) is 5.94. The standard InChI is InChI=1S/C21H26N2O4/c1-25-9-5-14-2-3-15(20(22)24)12-17-19(14)16-4-8-23-13-18(16)27-21(17)6-10-26-11-7-21/h4,8,12-14H,2-3,5-7,9-11H2,1H3,(H2,22,24). The first-order chi connectivity index (χ1) is 13.1. The zero-order valence-electron chi connectivity index (χ0n) is 15.7. The maximum absolute atomic E-state index is 12.1. The van der Waals surface area contributed by atoms with Crippen LogP contribution in [0.1, 0.15) is 37.7 Å². The Morgan fingerprint density at radius 3 is 2.96 bits per heavy atom. The number of nitrogens with two attached hydrogens (primary N) is 1. The third-order valence-corrected chi connectivity index (χ3v) is 5.94. The van der Waals surface area contributed by atoms with Crippen LogP contribution < -0.4 is 10.5 Å². The van der Waals surface area contributed by atoms with Crippen molar-refractivity contribution < 1.29 is 19.0 Å². The minimum Gasteiger partial charge on any atom is -0.480 e. The van der Waals surface area contributed by atoms with Crippen LogP contribution in [0.5, 0.6) is 5.75 Å². The normalized spacial score (nSPS) is 23.7. The Labute approximate surface area is 159 Å². The van der Waals surface area contributed by atoms with Crippen LogP contribution in [-0.4, -0.2) is 43.4 Å². The minimum absolute atomic E-state index is 0.276. The maximum Gasteiger partial charge on any atom is 0.244 e. The quantitative estimate of drug-likeness (QED) is 0.881. The van der Waals surface area contributed by atoms with Crippen molar-refractivity contribution in [3.05, 3.63) is 41.2 Å². The molecule has 4 rings (SSSR count). The number of primary amides is 1. The van der Waals surface area contributed by atoms with Crippen LogP contribution in [0.3, 0.4) is 0 Å². The summed E-state index contributed by atoms with van der Waals surface area (Å²) in [6.45, 7) is 1.94. The van der Waals surface area contributed by atoms with E-state index in [0.717, 1.165) is 42.6 Å². The molecule has 1 fully saturated rings. The van der Waals surface area contributed by atoms with Crippen LogP contribution >= 0.6 is 0 Å². The molecule has 0 radical (unpaired) electrons. The Morgan fingerprint density at radius 2 is 2.22 bits per heavy atom. The highest BCUT2D eigenvalue weighted by atomic mass is 16.5. The summed E-state index contributed by atoms with van der Waals surface area (Å²) < 4.78 is 17.5. The van der Waals surface area contributed by atoms with E-state index in [1.165, 1.54) is 5.57 Å². The molecule has 1 aromatic heterocycles. The maximum atomic E-state index is 12.1. The van der Waals surface area contributed by atoms with Gasteiger partial charge in [0, 0.05) is 49.5 Å². The van der Waals surface area contributed by atoms with Crippen LogP contribution in [0, 0.1) is 5.92 Å². The van der Waals surface area contributed by atoms with E-state index in [0.29, 0.717) is 31.8 Å². The van der Waals surface area contributed by atoms with Gasteiger partial charge in [-0.3, -0.25) is 9.78 Å². The Morgan fingerprint density at radius 1 is 1.41 bits per heavy atom. The van der Waals surface area contributed by atoms with Gasteiger partial charge in [0.2, 0.25) is 5.91 Å². The summed E-state index contributed by atoms with van der Waals surface area (Å²) in [7, 11) is 1.72. The number of nitrogens with zero attached hydrogens (tertiary/aromatic N) is 1. The highest BCUT2D eigenvalue weighted by Gasteiger charge is 2.45. The monoisotopic (exact) mass is 370 g/mol. The number of carbonyl (C=O) groups is 1. The van der Waals surface area contributed by atoms with E-state index >= 15 is 0 Å². The number of methoxy groups -OCH3 is 1. The van der Waals surface area contributed by atoms with E-state index in [2.05, 4.69) is 4.98 Å². The molecule has 27 heavy (non-hydrogen) atoms. The first-order valence-corrected chi connectivity index (χ1v) is 9.60. The summed E-state index contributed by atoms with van der Waals surface area (Å²) in [4.78, 5) is 16.3. The van der Waals surface area contributed by atoms with Gasteiger partial charge < -0.3 is 19.9 Å². The molecule has 0 saturated carbocycles. The molecule has 144 valence electrons. The van der Waals surface area contributed by atoms with Crippen LogP contribution in [0.2, 0.25) is 0 Å². The van der Waals surface area contributed by atoms with Crippen LogP contribution in [-0.2, 0) is 14.3 Å². The van der Waals surface area contributed by atoms with Gasteiger partial charge in [0.05, 0.1) is 19.4 Å². The number of fused-ring (bicyclic) bond motifs is 3. The predicted molar refractivity (Wildman–Crippen MR) is 101 cm³/mol. The van der Waals surface area contributed by atoms with E-state index in [9.17, 15) is 4.79 Å². The fourth-order valence-corrected chi connectivity index (χ4v) is 4.53. The number of hydrogen-bond acceptors (Lipinski definition) is 5. The number of rotatable bonds is 4. The molecule has 2 N–H and O–H groups in total. The van der Waals surface area contributed by atoms with E-state index in [4.69, 9.17) is 19.9 Å². The molecule has 0 bridgehead atoms. The van der Waals surface area contributed by atoms with Crippen molar-refractivity contribution in [2.45, 2.75) is 37.7 Å². The van der Waals surface area contributed by atoms with E-state index < -0.39 is 5.60 Å². The van der Waals surface area contributed by atoms with Crippen LogP contribution in [0.4, 0.5) is 0 Å².